The molecule has 196 valence electrons. The minimum atomic E-state index is -0.945. The maximum absolute atomic E-state index is 13.8. The van der Waals surface area contributed by atoms with Crippen LogP contribution in [0.4, 0.5) is 4.79 Å². The molecule has 36 heavy (non-hydrogen) atoms. The van der Waals surface area contributed by atoms with Gasteiger partial charge in [0, 0.05) is 18.3 Å². The van der Waals surface area contributed by atoms with Gasteiger partial charge in [0.25, 0.3) is 0 Å². The Hall–Kier alpha value is -2.38. The molecule has 3 rings (SSSR count). The summed E-state index contributed by atoms with van der Waals surface area (Å²) in [6.45, 7) is 20.6. The van der Waals surface area contributed by atoms with Gasteiger partial charge < -0.3 is 14.0 Å². The summed E-state index contributed by atoms with van der Waals surface area (Å²) < 4.78 is 19.1. The van der Waals surface area contributed by atoms with Crippen molar-refractivity contribution in [3.63, 3.8) is 0 Å². The number of hydrogen-bond acceptors (Lipinski definition) is 5. The van der Waals surface area contributed by atoms with Crippen molar-refractivity contribution < 1.29 is 18.8 Å². The van der Waals surface area contributed by atoms with E-state index >= 15 is 0 Å². The highest BCUT2D eigenvalue weighted by Gasteiger charge is 2.61. The van der Waals surface area contributed by atoms with Crippen LogP contribution in [0.2, 0.25) is 0 Å². The molecule has 7 heteroatoms. The van der Waals surface area contributed by atoms with Crippen LogP contribution in [0.3, 0.4) is 0 Å². The third kappa shape index (κ3) is 5.78. The Morgan fingerprint density at radius 2 is 1.61 bits per heavy atom. The quantitative estimate of drug-likeness (QED) is 0.393. The van der Waals surface area contributed by atoms with Crippen molar-refractivity contribution in [2.45, 2.75) is 97.9 Å². The molecule has 2 atom stereocenters. The van der Waals surface area contributed by atoms with Crippen LogP contribution < -0.4 is 0 Å². The fraction of sp³-hybridized carbons (Fsp3) is 0.586. The van der Waals surface area contributed by atoms with E-state index in [4.69, 9.17) is 14.0 Å². The Labute approximate surface area is 217 Å². The molecular weight excluding hydrogens is 451 g/mol. The molecule has 0 spiro atoms. The Balaban J connectivity index is 2.14. The summed E-state index contributed by atoms with van der Waals surface area (Å²) in [5.74, 6) is 0.257. The molecule has 0 N–H and O–H groups in total. The average Bonchev–Trinajstić information content (AvgIpc) is 3.03. The number of rotatable bonds is 7. The highest BCUT2D eigenvalue weighted by atomic mass is 16.7. The Morgan fingerprint density at radius 3 is 2.08 bits per heavy atom. The van der Waals surface area contributed by atoms with Gasteiger partial charge in [-0.25, -0.2) is 4.79 Å². The third-order valence-electron chi connectivity index (χ3n) is 7.51. The molecule has 1 aromatic carbocycles. The Bertz CT molecular complexity index is 1020. The first-order chi connectivity index (χ1) is 16.6. The molecule has 0 unspecified atom stereocenters. The first kappa shape index (κ1) is 28.2. The molecule has 0 bridgehead atoms. The fourth-order valence-electron chi connectivity index (χ4n) is 4.22. The number of benzene rings is 1. The number of carbonyl (C=O) groups is 1. The van der Waals surface area contributed by atoms with Gasteiger partial charge in [0.1, 0.15) is 11.0 Å². The SMILES string of the molecule is CC[C@H](C)CN(C(=O)OC(C)(C)C)[C@@](C)(B1OC(C)(C)C(C)(C)O1)c1ccc(-c2ccccn2)cc1. The highest BCUT2D eigenvalue weighted by Crippen LogP contribution is 2.45. The van der Waals surface area contributed by atoms with E-state index in [9.17, 15) is 4.79 Å². The lowest BCUT2D eigenvalue weighted by Crippen LogP contribution is -2.60. The second kappa shape index (κ2) is 10.2. The Kier molecular flexibility index (Phi) is 7.97. The van der Waals surface area contributed by atoms with Crippen molar-refractivity contribution in [3.8, 4) is 11.3 Å². The third-order valence-corrected chi connectivity index (χ3v) is 7.51. The number of hydrogen-bond donors (Lipinski definition) is 0. The number of aromatic nitrogens is 1. The molecule has 1 aromatic heterocycles. The fourth-order valence-corrected chi connectivity index (χ4v) is 4.22. The second-order valence-electron chi connectivity index (χ2n) is 12.1. The van der Waals surface area contributed by atoms with E-state index in [1.807, 2.05) is 103 Å². The summed E-state index contributed by atoms with van der Waals surface area (Å²) in [6, 6.07) is 14.0. The number of nitrogens with zero attached hydrogens (tertiary/aromatic N) is 2. The van der Waals surface area contributed by atoms with Gasteiger partial charge in [0.2, 0.25) is 0 Å². The molecule has 1 saturated heterocycles. The van der Waals surface area contributed by atoms with E-state index in [1.165, 1.54) is 0 Å². The van der Waals surface area contributed by atoms with E-state index in [2.05, 4.69) is 18.8 Å². The summed E-state index contributed by atoms with van der Waals surface area (Å²) in [4.78, 5) is 20.1. The molecule has 1 aliphatic heterocycles. The molecule has 1 amide bonds. The van der Waals surface area contributed by atoms with Crippen molar-refractivity contribution in [1.82, 2.24) is 9.88 Å². The predicted octanol–water partition coefficient (Wildman–Crippen LogP) is 6.88. The van der Waals surface area contributed by atoms with Crippen molar-refractivity contribution in [2.75, 3.05) is 6.54 Å². The monoisotopic (exact) mass is 494 g/mol. The molecule has 2 heterocycles. The summed E-state index contributed by atoms with van der Waals surface area (Å²) in [7, 11) is -0.695. The van der Waals surface area contributed by atoms with Gasteiger partial charge in [0.15, 0.2) is 0 Å². The van der Waals surface area contributed by atoms with Gasteiger partial charge >= 0.3 is 13.2 Å². The molecule has 0 saturated carbocycles. The normalized spacial score (nSPS) is 19.4. The minimum Gasteiger partial charge on any atom is -0.444 e. The zero-order valence-electron chi connectivity index (χ0n) is 23.7. The lowest BCUT2D eigenvalue weighted by molar-refractivity contribution is 0.00156. The molecule has 0 aliphatic carbocycles. The molecule has 0 radical (unpaired) electrons. The number of pyridine rings is 1. The van der Waals surface area contributed by atoms with E-state index in [-0.39, 0.29) is 12.0 Å². The lowest BCUT2D eigenvalue weighted by atomic mass is 9.60. The van der Waals surface area contributed by atoms with Crippen LogP contribution in [0.1, 0.15) is 81.2 Å². The zero-order chi connectivity index (χ0) is 26.9. The van der Waals surface area contributed by atoms with Crippen molar-refractivity contribution >= 4 is 13.2 Å². The minimum absolute atomic E-state index is 0.257. The topological polar surface area (TPSA) is 60.9 Å². The molecular formula is C29H43BN2O4. The van der Waals surface area contributed by atoms with Gasteiger partial charge in [-0.1, -0.05) is 50.6 Å². The van der Waals surface area contributed by atoms with Crippen molar-refractivity contribution in [2.24, 2.45) is 5.92 Å². The van der Waals surface area contributed by atoms with Gasteiger partial charge in [-0.05, 0) is 79.0 Å². The maximum atomic E-state index is 13.8. The van der Waals surface area contributed by atoms with Crippen LogP contribution in [0.5, 0.6) is 0 Å². The first-order valence-electron chi connectivity index (χ1n) is 13.0. The van der Waals surface area contributed by atoms with Crippen LogP contribution in [-0.4, -0.2) is 46.4 Å². The van der Waals surface area contributed by atoms with Crippen LogP contribution >= 0.6 is 0 Å². The van der Waals surface area contributed by atoms with Gasteiger partial charge in [0.05, 0.1) is 16.9 Å². The van der Waals surface area contributed by atoms with Gasteiger partial charge in [-0.2, -0.15) is 0 Å². The van der Waals surface area contributed by atoms with Gasteiger partial charge in [-0.15, -0.1) is 0 Å². The van der Waals surface area contributed by atoms with E-state index in [0.717, 1.165) is 23.2 Å². The van der Waals surface area contributed by atoms with Gasteiger partial charge in [-0.3, -0.25) is 9.88 Å². The number of ether oxygens (including phenoxy) is 1. The highest BCUT2D eigenvalue weighted by molar-refractivity contribution is 6.49. The number of amides is 1. The molecule has 6 nitrogen and oxygen atoms in total. The van der Waals surface area contributed by atoms with Crippen LogP contribution in [0.15, 0.2) is 48.7 Å². The average molecular weight is 494 g/mol. The van der Waals surface area contributed by atoms with Crippen molar-refractivity contribution in [3.05, 3.63) is 54.2 Å². The predicted molar refractivity (Wildman–Crippen MR) is 146 cm³/mol. The zero-order valence-corrected chi connectivity index (χ0v) is 23.7. The first-order valence-corrected chi connectivity index (χ1v) is 13.0. The van der Waals surface area contributed by atoms with Crippen LogP contribution in [0, 0.1) is 5.92 Å². The molecule has 2 aromatic rings. The summed E-state index contributed by atoms with van der Waals surface area (Å²) >= 11 is 0. The van der Waals surface area contributed by atoms with Crippen molar-refractivity contribution in [1.29, 1.82) is 0 Å². The maximum Gasteiger partial charge on any atom is 0.490 e. The molecule has 1 fully saturated rings. The standard InChI is InChI=1S/C29H43BN2O4/c1-11-21(2)20-32(25(33)34-26(3,4)5)29(10,30-35-27(6,7)28(8,9)36-30)23-17-15-22(16-18-23)24-14-12-13-19-31-24/h12-19,21H,11,20H2,1-10H3/t21-,29+/m0/s1. The van der Waals surface area contributed by atoms with Crippen LogP contribution in [-0.2, 0) is 19.5 Å². The largest absolute Gasteiger partial charge is 0.490 e. The number of carbonyl (C=O) groups excluding carboxylic acids is 1. The molecule has 1 aliphatic rings. The second-order valence-corrected chi connectivity index (χ2v) is 12.1. The summed E-state index contributed by atoms with van der Waals surface area (Å²) in [6.07, 6.45) is 2.33. The van der Waals surface area contributed by atoms with Crippen LogP contribution in [0.25, 0.3) is 11.3 Å². The van der Waals surface area contributed by atoms with E-state index < -0.39 is 29.4 Å². The summed E-state index contributed by atoms with van der Waals surface area (Å²) in [5.41, 5.74) is 0.122. The summed E-state index contributed by atoms with van der Waals surface area (Å²) in [5, 5.41) is 0. The van der Waals surface area contributed by atoms with E-state index in [1.54, 1.807) is 6.20 Å². The lowest BCUT2D eigenvalue weighted by Gasteiger charge is -2.44. The Morgan fingerprint density at radius 1 is 1.03 bits per heavy atom. The smallest absolute Gasteiger partial charge is 0.444 e. The van der Waals surface area contributed by atoms with E-state index in [0.29, 0.717) is 6.54 Å².